The van der Waals surface area contributed by atoms with Crippen molar-refractivity contribution in [3.8, 4) is 0 Å². The molecule has 0 spiro atoms. The molecule has 1 unspecified atom stereocenters. The molecule has 0 aromatic heterocycles. The van der Waals surface area contributed by atoms with Crippen LogP contribution in [0.3, 0.4) is 0 Å². The first-order valence-corrected chi connectivity index (χ1v) is 4.03. The van der Waals surface area contributed by atoms with E-state index in [0.717, 1.165) is 0 Å². The molecule has 78 valence electrons. The van der Waals surface area contributed by atoms with Crippen LogP contribution in [-0.4, -0.2) is 50.0 Å². The lowest BCUT2D eigenvalue weighted by Gasteiger charge is -2.37. The van der Waals surface area contributed by atoms with Crippen molar-refractivity contribution >= 4 is 0 Å². The minimum Gasteiger partial charge on any atom is -0.314 e. The summed E-state index contributed by atoms with van der Waals surface area (Å²) < 4.78 is 49.6. The highest BCUT2D eigenvalue weighted by Gasteiger charge is 2.50. The van der Waals surface area contributed by atoms with Gasteiger partial charge in [0.05, 0.1) is 6.04 Å². The van der Waals surface area contributed by atoms with Crippen LogP contribution in [0.4, 0.5) is 17.6 Å². The van der Waals surface area contributed by atoms with Gasteiger partial charge in [-0.2, -0.15) is 8.78 Å². The molecule has 1 N–H and O–H groups in total. The lowest BCUT2D eigenvalue weighted by molar-refractivity contribution is -0.173. The van der Waals surface area contributed by atoms with Gasteiger partial charge in [-0.1, -0.05) is 0 Å². The molecule has 1 rings (SSSR count). The molecule has 1 saturated heterocycles. The summed E-state index contributed by atoms with van der Waals surface area (Å²) in [6.45, 7) is 0.840. The normalized spacial score (nSPS) is 26.8. The van der Waals surface area contributed by atoms with Crippen LogP contribution in [0.25, 0.3) is 0 Å². The van der Waals surface area contributed by atoms with Gasteiger partial charge in [-0.3, -0.25) is 4.90 Å². The molecule has 13 heavy (non-hydrogen) atoms. The van der Waals surface area contributed by atoms with Crippen LogP contribution in [0, 0.1) is 0 Å². The van der Waals surface area contributed by atoms with Crippen molar-refractivity contribution in [3.05, 3.63) is 0 Å². The highest BCUT2D eigenvalue weighted by molar-refractivity contribution is 4.90. The lowest BCUT2D eigenvalue weighted by atomic mass is 10.1. The maximum absolute atomic E-state index is 12.9. The summed E-state index contributed by atoms with van der Waals surface area (Å²) in [6.07, 6.45) is -3.60. The molecular weight excluding hydrogens is 188 g/mol. The topological polar surface area (TPSA) is 15.3 Å². The van der Waals surface area contributed by atoms with Gasteiger partial charge in [0, 0.05) is 19.6 Å². The Hall–Kier alpha value is -0.360. The number of likely N-dealkylation sites (N-methyl/N-ethyl adjacent to an activating group) is 1. The van der Waals surface area contributed by atoms with Gasteiger partial charge in [-0.25, -0.2) is 8.78 Å². The van der Waals surface area contributed by atoms with Crippen LogP contribution >= 0.6 is 0 Å². The minimum atomic E-state index is -3.93. The fourth-order valence-electron chi connectivity index (χ4n) is 1.38. The molecule has 6 heteroatoms. The molecule has 1 atom stereocenters. The number of nitrogens with zero attached hydrogens (tertiary/aromatic N) is 1. The number of rotatable bonds is 2. The van der Waals surface area contributed by atoms with Crippen molar-refractivity contribution in [3.63, 3.8) is 0 Å². The predicted molar refractivity (Wildman–Crippen MR) is 40.2 cm³/mol. The first-order valence-electron chi connectivity index (χ1n) is 4.03. The summed E-state index contributed by atoms with van der Waals surface area (Å²) >= 11 is 0. The average molecular weight is 200 g/mol. The van der Waals surface area contributed by atoms with Crippen molar-refractivity contribution in [1.29, 1.82) is 0 Å². The predicted octanol–water partition coefficient (Wildman–Crippen LogP) is 0.790. The van der Waals surface area contributed by atoms with E-state index >= 15 is 0 Å². The largest absolute Gasteiger partial charge is 0.323 e. The highest BCUT2D eigenvalue weighted by Crippen LogP contribution is 2.30. The molecule has 0 amide bonds. The molecule has 0 radical (unpaired) electrons. The Morgan fingerprint density at radius 3 is 2.54 bits per heavy atom. The zero-order chi connectivity index (χ0) is 10.1. The van der Waals surface area contributed by atoms with Crippen LogP contribution in [0.15, 0.2) is 0 Å². The Bertz CT molecular complexity index is 174. The maximum Gasteiger partial charge on any atom is 0.323 e. The Morgan fingerprint density at radius 1 is 1.46 bits per heavy atom. The molecule has 0 bridgehead atoms. The van der Waals surface area contributed by atoms with Crippen LogP contribution in [0.1, 0.15) is 0 Å². The van der Waals surface area contributed by atoms with Gasteiger partial charge in [-0.05, 0) is 7.05 Å². The van der Waals surface area contributed by atoms with E-state index in [2.05, 4.69) is 5.32 Å². The van der Waals surface area contributed by atoms with E-state index < -0.39 is 18.4 Å². The molecular formula is C7H12F4N2. The van der Waals surface area contributed by atoms with Gasteiger partial charge in [0.1, 0.15) is 0 Å². The van der Waals surface area contributed by atoms with E-state index in [0.29, 0.717) is 13.1 Å². The third-order valence-corrected chi connectivity index (χ3v) is 2.25. The first-order chi connectivity index (χ1) is 5.96. The van der Waals surface area contributed by atoms with Crippen molar-refractivity contribution in [2.24, 2.45) is 0 Å². The fourth-order valence-corrected chi connectivity index (χ4v) is 1.38. The van der Waals surface area contributed by atoms with E-state index in [1.807, 2.05) is 0 Å². The molecule has 0 aliphatic carbocycles. The SMILES string of the molecule is CN1CCNCC1C(F)(F)C(F)F. The fraction of sp³-hybridized carbons (Fsp3) is 1.00. The monoisotopic (exact) mass is 200 g/mol. The van der Waals surface area contributed by atoms with E-state index in [-0.39, 0.29) is 6.54 Å². The molecule has 1 aliphatic rings. The second kappa shape index (κ2) is 3.79. The van der Waals surface area contributed by atoms with Crippen LogP contribution < -0.4 is 5.32 Å². The lowest BCUT2D eigenvalue weighted by Crippen LogP contribution is -2.59. The summed E-state index contributed by atoms with van der Waals surface area (Å²) in [7, 11) is 1.43. The van der Waals surface area contributed by atoms with Crippen LogP contribution in [-0.2, 0) is 0 Å². The van der Waals surface area contributed by atoms with E-state index in [1.54, 1.807) is 0 Å². The number of alkyl halides is 4. The van der Waals surface area contributed by atoms with E-state index in [4.69, 9.17) is 0 Å². The van der Waals surface area contributed by atoms with Crippen molar-refractivity contribution in [1.82, 2.24) is 10.2 Å². The number of hydrogen-bond donors (Lipinski definition) is 1. The summed E-state index contributed by atoms with van der Waals surface area (Å²) in [5.74, 6) is -3.93. The third-order valence-electron chi connectivity index (χ3n) is 2.25. The number of piperazine rings is 1. The van der Waals surface area contributed by atoms with E-state index in [9.17, 15) is 17.6 Å². The maximum atomic E-state index is 12.9. The van der Waals surface area contributed by atoms with Crippen molar-refractivity contribution in [2.45, 2.75) is 18.4 Å². The Labute approximate surface area is 73.9 Å². The molecule has 0 aromatic rings. The Balaban J connectivity index is 2.67. The molecule has 2 nitrogen and oxygen atoms in total. The zero-order valence-corrected chi connectivity index (χ0v) is 7.24. The molecule has 0 saturated carbocycles. The quantitative estimate of drug-likeness (QED) is 0.663. The van der Waals surface area contributed by atoms with Crippen LogP contribution in [0.5, 0.6) is 0 Å². The molecule has 1 heterocycles. The van der Waals surface area contributed by atoms with Gasteiger partial charge in [0.2, 0.25) is 0 Å². The highest BCUT2D eigenvalue weighted by atomic mass is 19.3. The van der Waals surface area contributed by atoms with Gasteiger partial charge < -0.3 is 5.32 Å². The standard InChI is InChI=1S/C7H12F4N2/c1-13-3-2-12-4-5(13)7(10,11)6(8)9/h5-6,12H,2-4H2,1H3. The van der Waals surface area contributed by atoms with Crippen molar-refractivity contribution < 1.29 is 17.6 Å². The minimum absolute atomic E-state index is 0.0894. The number of halogens is 4. The Kier molecular flexibility index (Phi) is 3.13. The van der Waals surface area contributed by atoms with Gasteiger partial charge in [0.15, 0.2) is 0 Å². The van der Waals surface area contributed by atoms with Gasteiger partial charge >= 0.3 is 12.3 Å². The molecule has 0 aromatic carbocycles. The van der Waals surface area contributed by atoms with E-state index in [1.165, 1.54) is 11.9 Å². The summed E-state index contributed by atoms with van der Waals surface area (Å²) in [5, 5.41) is 2.67. The van der Waals surface area contributed by atoms with Crippen LogP contribution in [0.2, 0.25) is 0 Å². The first kappa shape index (κ1) is 10.7. The number of nitrogens with one attached hydrogen (secondary N) is 1. The average Bonchev–Trinajstić information content (AvgIpc) is 2.04. The second-order valence-corrected chi connectivity index (χ2v) is 3.18. The smallest absolute Gasteiger partial charge is 0.314 e. The number of hydrogen-bond acceptors (Lipinski definition) is 2. The third kappa shape index (κ3) is 2.11. The molecule has 1 fully saturated rings. The van der Waals surface area contributed by atoms with Crippen molar-refractivity contribution in [2.75, 3.05) is 26.7 Å². The molecule has 1 aliphatic heterocycles. The zero-order valence-electron chi connectivity index (χ0n) is 7.24. The van der Waals surface area contributed by atoms with Gasteiger partial charge in [-0.15, -0.1) is 0 Å². The Morgan fingerprint density at radius 2 is 2.08 bits per heavy atom. The van der Waals surface area contributed by atoms with Gasteiger partial charge in [0.25, 0.3) is 0 Å². The summed E-state index contributed by atoms with van der Waals surface area (Å²) in [4.78, 5) is 1.27. The summed E-state index contributed by atoms with van der Waals surface area (Å²) in [6, 6.07) is -1.40. The summed E-state index contributed by atoms with van der Waals surface area (Å²) in [5.41, 5.74) is 0. The second-order valence-electron chi connectivity index (χ2n) is 3.18.